The standard InChI is InChI=1S/C24H18N2O6/c1-30-17-11-16(12-18(14-17)31-2)23(27)19(13-15-7-3-5-9-21(15)26(28)29)24-25-20-8-4-6-10-22(20)32-24/h3-14H,1-2H3/b19-13+. The third-order valence-corrected chi connectivity index (χ3v) is 4.82. The molecule has 0 saturated carbocycles. The Hall–Kier alpha value is -4.46. The number of nitro groups is 1. The van der Waals surface area contributed by atoms with E-state index in [2.05, 4.69) is 4.98 Å². The average molecular weight is 430 g/mol. The molecule has 8 nitrogen and oxygen atoms in total. The molecule has 0 aliphatic carbocycles. The van der Waals surface area contributed by atoms with Crippen LogP contribution in [0.3, 0.4) is 0 Å². The van der Waals surface area contributed by atoms with Crippen LogP contribution in [0.4, 0.5) is 5.69 Å². The van der Waals surface area contributed by atoms with Gasteiger partial charge in [-0.05, 0) is 36.4 Å². The van der Waals surface area contributed by atoms with E-state index in [1.54, 1.807) is 60.7 Å². The molecule has 0 fully saturated rings. The van der Waals surface area contributed by atoms with E-state index in [-0.39, 0.29) is 28.3 Å². The molecular formula is C24H18N2O6. The molecule has 0 radical (unpaired) electrons. The molecule has 0 atom stereocenters. The summed E-state index contributed by atoms with van der Waals surface area (Å²) in [5.74, 6) is 0.452. The number of nitro benzene ring substituents is 1. The molecule has 0 spiro atoms. The zero-order valence-corrected chi connectivity index (χ0v) is 17.3. The quantitative estimate of drug-likeness (QED) is 0.172. The molecule has 0 saturated heterocycles. The van der Waals surface area contributed by atoms with Gasteiger partial charge in [-0.3, -0.25) is 14.9 Å². The third kappa shape index (κ3) is 4.06. The number of aromatic nitrogens is 1. The van der Waals surface area contributed by atoms with Gasteiger partial charge in [-0.1, -0.05) is 24.3 Å². The van der Waals surface area contributed by atoms with Crippen molar-refractivity contribution in [3.05, 3.63) is 93.9 Å². The number of carbonyl (C=O) groups is 1. The number of methoxy groups -OCH3 is 2. The van der Waals surface area contributed by atoms with Crippen molar-refractivity contribution in [2.75, 3.05) is 14.2 Å². The van der Waals surface area contributed by atoms with Crippen LogP contribution in [-0.2, 0) is 0 Å². The van der Waals surface area contributed by atoms with Crippen molar-refractivity contribution < 1.29 is 23.6 Å². The summed E-state index contributed by atoms with van der Waals surface area (Å²) in [6, 6.07) is 18.0. The predicted octanol–water partition coefficient (Wildman–Crippen LogP) is 5.18. The maximum atomic E-state index is 13.6. The van der Waals surface area contributed by atoms with Crippen LogP contribution in [0.15, 0.2) is 71.1 Å². The predicted molar refractivity (Wildman–Crippen MR) is 119 cm³/mol. The van der Waals surface area contributed by atoms with Crippen LogP contribution in [0, 0.1) is 10.1 Å². The maximum absolute atomic E-state index is 13.6. The van der Waals surface area contributed by atoms with Crippen molar-refractivity contribution >= 4 is 34.2 Å². The van der Waals surface area contributed by atoms with Gasteiger partial charge in [-0.25, -0.2) is 4.98 Å². The van der Waals surface area contributed by atoms with Gasteiger partial charge in [-0.15, -0.1) is 0 Å². The number of ketones is 1. The number of ether oxygens (including phenoxy) is 2. The Kier molecular flexibility index (Phi) is 5.67. The lowest BCUT2D eigenvalue weighted by Crippen LogP contribution is -2.05. The Labute approximate surface area is 182 Å². The van der Waals surface area contributed by atoms with E-state index in [1.165, 1.54) is 26.4 Å². The number of benzene rings is 3. The van der Waals surface area contributed by atoms with Crippen molar-refractivity contribution in [1.29, 1.82) is 0 Å². The summed E-state index contributed by atoms with van der Waals surface area (Å²) >= 11 is 0. The van der Waals surface area contributed by atoms with Crippen LogP contribution in [-0.4, -0.2) is 29.9 Å². The first-order valence-corrected chi connectivity index (χ1v) is 9.59. The first kappa shape index (κ1) is 20.8. The van der Waals surface area contributed by atoms with Crippen LogP contribution in [0.5, 0.6) is 11.5 Å². The fourth-order valence-electron chi connectivity index (χ4n) is 3.24. The number of fused-ring (bicyclic) bond motifs is 1. The van der Waals surface area contributed by atoms with Crippen LogP contribution >= 0.6 is 0 Å². The van der Waals surface area contributed by atoms with E-state index in [0.717, 1.165) is 0 Å². The molecule has 0 bridgehead atoms. The minimum Gasteiger partial charge on any atom is -0.497 e. The SMILES string of the molecule is COc1cc(OC)cc(C(=O)/C(=C\c2ccccc2[N+](=O)[O-])c2nc3ccccc3o2)c1. The second-order valence-electron chi connectivity index (χ2n) is 6.79. The van der Waals surface area contributed by atoms with Gasteiger partial charge in [0, 0.05) is 17.7 Å². The summed E-state index contributed by atoms with van der Waals surface area (Å²) in [7, 11) is 2.96. The van der Waals surface area contributed by atoms with Gasteiger partial charge in [0.1, 0.15) is 17.0 Å². The number of hydrogen-bond acceptors (Lipinski definition) is 7. The Morgan fingerprint density at radius 3 is 2.31 bits per heavy atom. The molecule has 0 aliphatic heterocycles. The number of rotatable bonds is 7. The summed E-state index contributed by atoms with van der Waals surface area (Å²) < 4.78 is 16.4. The second-order valence-corrected chi connectivity index (χ2v) is 6.79. The highest BCUT2D eigenvalue weighted by atomic mass is 16.6. The molecule has 3 aromatic carbocycles. The Bertz CT molecular complexity index is 1300. The number of hydrogen-bond donors (Lipinski definition) is 0. The average Bonchev–Trinajstić information content (AvgIpc) is 3.25. The van der Waals surface area contributed by atoms with E-state index in [9.17, 15) is 14.9 Å². The van der Waals surface area contributed by atoms with Crippen LogP contribution in [0.25, 0.3) is 22.7 Å². The number of para-hydroxylation sites is 3. The molecule has 0 amide bonds. The highest BCUT2D eigenvalue weighted by Crippen LogP contribution is 2.31. The number of Topliss-reactive ketones (excluding diaryl/α,β-unsaturated/α-hetero) is 1. The largest absolute Gasteiger partial charge is 0.497 e. The van der Waals surface area contributed by atoms with E-state index in [1.807, 2.05) is 0 Å². The van der Waals surface area contributed by atoms with Gasteiger partial charge < -0.3 is 13.9 Å². The number of nitrogens with zero attached hydrogens (tertiary/aromatic N) is 2. The lowest BCUT2D eigenvalue weighted by Gasteiger charge is -2.09. The Morgan fingerprint density at radius 2 is 1.66 bits per heavy atom. The van der Waals surface area contributed by atoms with E-state index in [0.29, 0.717) is 22.6 Å². The summed E-state index contributed by atoms with van der Waals surface area (Å²) in [6.07, 6.45) is 1.41. The summed E-state index contributed by atoms with van der Waals surface area (Å²) in [5, 5.41) is 11.5. The molecule has 0 aliphatic rings. The molecule has 32 heavy (non-hydrogen) atoms. The van der Waals surface area contributed by atoms with E-state index < -0.39 is 10.7 Å². The number of allylic oxidation sites excluding steroid dienone is 1. The first-order valence-electron chi connectivity index (χ1n) is 9.59. The lowest BCUT2D eigenvalue weighted by atomic mass is 9.99. The summed E-state index contributed by atoms with van der Waals surface area (Å²) in [6.45, 7) is 0. The third-order valence-electron chi connectivity index (χ3n) is 4.82. The zero-order valence-electron chi connectivity index (χ0n) is 17.3. The fourth-order valence-corrected chi connectivity index (χ4v) is 3.24. The van der Waals surface area contributed by atoms with E-state index >= 15 is 0 Å². The van der Waals surface area contributed by atoms with Crippen molar-refractivity contribution in [1.82, 2.24) is 4.98 Å². The van der Waals surface area contributed by atoms with Crippen molar-refractivity contribution in [2.24, 2.45) is 0 Å². The van der Waals surface area contributed by atoms with Gasteiger partial charge in [0.2, 0.25) is 5.89 Å². The Morgan fingerprint density at radius 1 is 1.00 bits per heavy atom. The normalized spacial score (nSPS) is 11.4. The zero-order chi connectivity index (χ0) is 22.7. The highest BCUT2D eigenvalue weighted by Gasteiger charge is 2.23. The van der Waals surface area contributed by atoms with Gasteiger partial charge in [0.05, 0.1) is 30.3 Å². The maximum Gasteiger partial charge on any atom is 0.276 e. The molecule has 0 unspecified atom stereocenters. The molecule has 1 aromatic heterocycles. The van der Waals surface area contributed by atoms with Gasteiger partial charge >= 0.3 is 0 Å². The van der Waals surface area contributed by atoms with Crippen LogP contribution < -0.4 is 9.47 Å². The van der Waals surface area contributed by atoms with Crippen molar-refractivity contribution in [3.63, 3.8) is 0 Å². The minimum absolute atomic E-state index is 0.0520. The fraction of sp³-hybridized carbons (Fsp3) is 0.0833. The first-order chi connectivity index (χ1) is 15.5. The molecular weight excluding hydrogens is 412 g/mol. The number of oxazole rings is 1. The molecule has 4 aromatic rings. The summed E-state index contributed by atoms with van der Waals surface area (Å²) in [5.41, 5.74) is 1.48. The minimum atomic E-state index is -0.505. The van der Waals surface area contributed by atoms with Gasteiger partial charge in [0.25, 0.3) is 5.69 Å². The van der Waals surface area contributed by atoms with Crippen molar-refractivity contribution in [2.45, 2.75) is 0 Å². The topological polar surface area (TPSA) is 105 Å². The molecule has 4 rings (SSSR count). The molecule has 0 N–H and O–H groups in total. The molecule has 160 valence electrons. The lowest BCUT2D eigenvalue weighted by molar-refractivity contribution is -0.385. The number of carbonyl (C=O) groups excluding carboxylic acids is 1. The second kappa shape index (κ2) is 8.73. The Balaban J connectivity index is 1.92. The smallest absolute Gasteiger partial charge is 0.276 e. The molecule has 8 heteroatoms. The monoisotopic (exact) mass is 430 g/mol. The van der Waals surface area contributed by atoms with Gasteiger partial charge in [-0.2, -0.15) is 0 Å². The van der Waals surface area contributed by atoms with Crippen LogP contribution in [0.2, 0.25) is 0 Å². The van der Waals surface area contributed by atoms with Crippen LogP contribution in [0.1, 0.15) is 21.8 Å². The van der Waals surface area contributed by atoms with E-state index in [4.69, 9.17) is 13.9 Å². The van der Waals surface area contributed by atoms with Gasteiger partial charge in [0.15, 0.2) is 11.4 Å². The van der Waals surface area contributed by atoms with Crippen molar-refractivity contribution in [3.8, 4) is 11.5 Å². The summed E-state index contributed by atoms with van der Waals surface area (Å²) in [4.78, 5) is 29.0. The highest BCUT2D eigenvalue weighted by molar-refractivity contribution is 6.32. The molecule has 1 heterocycles.